The number of amides is 2. The third-order valence-electron chi connectivity index (χ3n) is 6.41. The van der Waals surface area contributed by atoms with Crippen molar-refractivity contribution in [1.29, 1.82) is 0 Å². The van der Waals surface area contributed by atoms with Gasteiger partial charge in [-0.2, -0.15) is 0 Å². The standard InChI is InChI=1S/C27H39N5O5S/c1-19(2)17-21(22(33)23-30-31-26(37-23)38-16-15-32(3)4)28-24(34)27(13-9-6-10-14-27)29-25(35)36-18-20-11-7-5-8-12-20/h5,7-8,11-12,19,21H,6,9-10,13-18H2,1-4H3,(H,28,34)(H,29,35). The Morgan fingerprint density at radius 2 is 1.82 bits per heavy atom. The van der Waals surface area contributed by atoms with E-state index in [1.54, 1.807) is 0 Å². The normalized spacial score (nSPS) is 15.7. The maximum atomic E-state index is 13.7. The predicted octanol–water partition coefficient (Wildman–Crippen LogP) is 4.07. The van der Waals surface area contributed by atoms with Gasteiger partial charge in [0.05, 0.1) is 6.04 Å². The molecule has 2 N–H and O–H groups in total. The molecular formula is C27H39N5O5S. The Hall–Kier alpha value is -2.92. The molecule has 1 aromatic heterocycles. The SMILES string of the molecule is CC(C)CC(NC(=O)C1(NC(=O)OCc2ccccc2)CCCCC1)C(=O)c1nnc(SCCN(C)C)o1. The van der Waals surface area contributed by atoms with Crippen LogP contribution in [-0.4, -0.2) is 70.9 Å². The highest BCUT2D eigenvalue weighted by atomic mass is 32.2. The Labute approximate surface area is 228 Å². The third kappa shape index (κ3) is 8.83. The average molecular weight is 546 g/mol. The number of rotatable bonds is 13. The number of Topliss-reactive ketones (excluding diaryl/α,β-unsaturated/α-hetero) is 1. The van der Waals surface area contributed by atoms with E-state index in [1.165, 1.54) is 11.8 Å². The highest BCUT2D eigenvalue weighted by Gasteiger charge is 2.43. The first-order valence-electron chi connectivity index (χ1n) is 13.1. The molecule has 11 heteroatoms. The Morgan fingerprint density at radius 1 is 1.11 bits per heavy atom. The lowest BCUT2D eigenvalue weighted by atomic mass is 9.80. The molecule has 0 bridgehead atoms. The molecule has 1 heterocycles. The van der Waals surface area contributed by atoms with Crippen LogP contribution in [0.5, 0.6) is 0 Å². The van der Waals surface area contributed by atoms with E-state index in [0.29, 0.717) is 24.5 Å². The second-order valence-electron chi connectivity index (χ2n) is 10.4. The van der Waals surface area contributed by atoms with Crippen LogP contribution < -0.4 is 10.6 Å². The first kappa shape index (κ1) is 29.6. The molecule has 0 spiro atoms. The number of carbonyl (C=O) groups is 3. The van der Waals surface area contributed by atoms with Crippen LogP contribution in [0, 0.1) is 5.92 Å². The fraction of sp³-hybridized carbons (Fsp3) is 0.593. The van der Waals surface area contributed by atoms with E-state index in [0.717, 1.165) is 37.1 Å². The van der Waals surface area contributed by atoms with Gasteiger partial charge < -0.3 is 24.7 Å². The van der Waals surface area contributed by atoms with E-state index in [1.807, 2.05) is 63.2 Å². The first-order valence-corrected chi connectivity index (χ1v) is 14.1. The first-order chi connectivity index (χ1) is 18.2. The Bertz CT molecular complexity index is 1050. The zero-order chi connectivity index (χ0) is 27.5. The van der Waals surface area contributed by atoms with Crippen molar-refractivity contribution in [3.8, 4) is 0 Å². The van der Waals surface area contributed by atoms with E-state index < -0.39 is 29.4 Å². The lowest BCUT2D eigenvalue weighted by molar-refractivity contribution is -0.129. The average Bonchev–Trinajstić information content (AvgIpc) is 3.36. The Kier molecular flexibility index (Phi) is 11.1. The number of nitrogens with zero attached hydrogens (tertiary/aromatic N) is 3. The minimum Gasteiger partial charge on any atom is -0.445 e. The van der Waals surface area contributed by atoms with Crippen LogP contribution in [-0.2, 0) is 16.1 Å². The number of alkyl carbamates (subject to hydrolysis) is 1. The summed E-state index contributed by atoms with van der Waals surface area (Å²) in [5, 5.41) is 14.0. The van der Waals surface area contributed by atoms with Gasteiger partial charge in [0, 0.05) is 12.3 Å². The van der Waals surface area contributed by atoms with Crippen molar-refractivity contribution in [2.45, 2.75) is 75.8 Å². The summed E-state index contributed by atoms with van der Waals surface area (Å²) in [4.78, 5) is 41.8. The number of thioether (sulfide) groups is 1. The number of ether oxygens (including phenoxy) is 1. The van der Waals surface area contributed by atoms with Gasteiger partial charge in [-0.15, -0.1) is 10.2 Å². The number of benzene rings is 1. The number of carbonyl (C=O) groups excluding carboxylic acids is 3. The summed E-state index contributed by atoms with van der Waals surface area (Å²) in [5.74, 6) is -0.100. The van der Waals surface area contributed by atoms with E-state index >= 15 is 0 Å². The highest BCUT2D eigenvalue weighted by molar-refractivity contribution is 7.99. The van der Waals surface area contributed by atoms with Crippen LogP contribution in [0.3, 0.4) is 0 Å². The molecule has 208 valence electrons. The van der Waals surface area contributed by atoms with Crippen LogP contribution in [0.15, 0.2) is 40.0 Å². The van der Waals surface area contributed by atoms with E-state index in [2.05, 4.69) is 20.8 Å². The van der Waals surface area contributed by atoms with E-state index in [-0.39, 0.29) is 18.4 Å². The highest BCUT2D eigenvalue weighted by Crippen LogP contribution is 2.29. The van der Waals surface area contributed by atoms with Crippen molar-refractivity contribution in [1.82, 2.24) is 25.7 Å². The van der Waals surface area contributed by atoms with Gasteiger partial charge >= 0.3 is 6.09 Å². The van der Waals surface area contributed by atoms with Gasteiger partial charge in [0.1, 0.15) is 12.1 Å². The van der Waals surface area contributed by atoms with E-state index in [9.17, 15) is 14.4 Å². The summed E-state index contributed by atoms with van der Waals surface area (Å²) in [6, 6.07) is 8.49. The third-order valence-corrected chi connectivity index (χ3v) is 7.20. The van der Waals surface area contributed by atoms with Crippen LogP contribution in [0.25, 0.3) is 0 Å². The Morgan fingerprint density at radius 3 is 2.47 bits per heavy atom. The predicted molar refractivity (Wildman–Crippen MR) is 145 cm³/mol. The maximum Gasteiger partial charge on any atom is 0.408 e. The fourth-order valence-electron chi connectivity index (χ4n) is 4.35. The van der Waals surface area contributed by atoms with Crippen molar-refractivity contribution in [3.63, 3.8) is 0 Å². The Balaban J connectivity index is 1.69. The zero-order valence-corrected chi connectivity index (χ0v) is 23.5. The second kappa shape index (κ2) is 14.3. The molecular weight excluding hydrogens is 506 g/mol. The van der Waals surface area contributed by atoms with Crippen molar-refractivity contribution >= 4 is 29.5 Å². The number of hydrogen-bond acceptors (Lipinski definition) is 9. The monoisotopic (exact) mass is 545 g/mol. The van der Waals surface area contributed by atoms with Crippen LogP contribution in [0.4, 0.5) is 4.79 Å². The van der Waals surface area contributed by atoms with Crippen LogP contribution in [0.2, 0.25) is 0 Å². The largest absolute Gasteiger partial charge is 0.445 e. The maximum absolute atomic E-state index is 13.7. The lowest BCUT2D eigenvalue weighted by Gasteiger charge is -2.37. The van der Waals surface area contributed by atoms with E-state index in [4.69, 9.17) is 9.15 Å². The second-order valence-corrected chi connectivity index (χ2v) is 11.4. The number of aromatic nitrogens is 2. The number of hydrogen-bond donors (Lipinski definition) is 2. The minimum atomic E-state index is -1.15. The van der Waals surface area contributed by atoms with Gasteiger partial charge in [-0.3, -0.25) is 9.59 Å². The van der Waals surface area contributed by atoms with Crippen molar-refractivity contribution in [2.24, 2.45) is 5.92 Å². The quantitative estimate of drug-likeness (QED) is 0.283. The fourth-order valence-corrected chi connectivity index (χ4v) is 5.22. The molecule has 1 unspecified atom stereocenters. The summed E-state index contributed by atoms with van der Waals surface area (Å²) in [5.41, 5.74) is -0.296. The van der Waals surface area contributed by atoms with Crippen molar-refractivity contribution < 1.29 is 23.5 Å². The topological polar surface area (TPSA) is 127 Å². The van der Waals surface area contributed by atoms with Crippen LogP contribution in [0.1, 0.15) is 68.6 Å². The molecule has 10 nitrogen and oxygen atoms in total. The minimum absolute atomic E-state index is 0.102. The molecule has 1 fully saturated rings. The molecule has 0 saturated heterocycles. The van der Waals surface area contributed by atoms with Gasteiger partial charge in [0.15, 0.2) is 0 Å². The number of nitrogens with one attached hydrogen (secondary N) is 2. The van der Waals surface area contributed by atoms with Crippen molar-refractivity contribution in [3.05, 3.63) is 41.8 Å². The van der Waals surface area contributed by atoms with Crippen LogP contribution >= 0.6 is 11.8 Å². The summed E-state index contributed by atoms with van der Waals surface area (Å²) < 4.78 is 11.0. The molecule has 2 aromatic rings. The molecule has 38 heavy (non-hydrogen) atoms. The van der Waals surface area contributed by atoms with Gasteiger partial charge in [-0.05, 0) is 44.8 Å². The molecule has 0 aliphatic heterocycles. The summed E-state index contributed by atoms with van der Waals surface area (Å²) >= 11 is 1.38. The van der Waals surface area contributed by atoms with Gasteiger partial charge in [-0.25, -0.2) is 4.79 Å². The summed E-state index contributed by atoms with van der Waals surface area (Å²) in [7, 11) is 3.94. The van der Waals surface area contributed by atoms with Gasteiger partial charge in [0.25, 0.3) is 11.1 Å². The molecule has 1 atom stereocenters. The number of ketones is 1. The molecule has 1 aliphatic carbocycles. The molecule has 0 radical (unpaired) electrons. The van der Waals surface area contributed by atoms with Gasteiger partial charge in [-0.1, -0.05) is 75.2 Å². The summed E-state index contributed by atoms with van der Waals surface area (Å²) in [6.45, 7) is 4.87. The smallest absolute Gasteiger partial charge is 0.408 e. The molecule has 1 aromatic carbocycles. The summed E-state index contributed by atoms with van der Waals surface area (Å²) in [6.07, 6.45) is 3.21. The lowest BCUT2D eigenvalue weighted by Crippen LogP contribution is -2.62. The van der Waals surface area contributed by atoms with Crippen molar-refractivity contribution in [2.75, 3.05) is 26.4 Å². The molecule has 2 amide bonds. The zero-order valence-electron chi connectivity index (χ0n) is 22.7. The molecule has 1 saturated carbocycles. The molecule has 1 aliphatic rings. The molecule has 3 rings (SSSR count). The van der Waals surface area contributed by atoms with Gasteiger partial charge in [0.2, 0.25) is 11.7 Å².